The molecule has 0 radical (unpaired) electrons. The predicted molar refractivity (Wildman–Crippen MR) is 87.6 cm³/mol. The van der Waals surface area contributed by atoms with E-state index in [0.717, 1.165) is 0 Å². The topological polar surface area (TPSA) is 60.8 Å². The molecule has 1 fully saturated rings. The van der Waals surface area contributed by atoms with Crippen LogP contribution < -0.4 is 0 Å². The molecule has 1 heterocycles. The minimum atomic E-state index is -1.17. The number of aliphatic hydroxyl groups is 1. The standard InChI is InChI=1S/C16H21Cl2NO3/c1-15(2,3)12-9-16(22,7-8-19(12)14(20)21)10-5-4-6-11(17)13(10)18/h4-6,12,22H,7-9H2,1-3H3,(H,20,21). The van der Waals surface area contributed by atoms with Crippen molar-refractivity contribution in [1.29, 1.82) is 0 Å². The highest BCUT2D eigenvalue weighted by atomic mass is 35.5. The van der Waals surface area contributed by atoms with Gasteiger partial charge < -0.3 is 15.1 Å². The third-order valence-corrected chi connectivity index (χ3v) is 5.19. The monoisotopic (exact) mass is 345 g/mol. The molecule has 122 valence electrons. The summed E-state index contributed by atoms with van der Waals surface area (Å²) < 4.78 is 0. The van der Waals surface area contributed by atoms with Gasteiger partial charge in [-0.1, -0.05) is 56.1 Å². The molecule has 4 nitrogen and oxygen atoms in total. The molecule has 0 spiro atoms. The van der Waals surface area contributed by atoms with Crippen molar-refractivity contribution in [1.82, 2.24) is 4.90 Å². The van der Waals surface area contributed by atoms with E-state index in [4.69, 9.17) is 23.2 Å². The average molecular weight is 346 g/mol. The van der Waals surface area contributed by atoms with Crippen molar-refractivity contribution in [3.63, 3.8) is 0 Å². The molecule has 2 unspecified atom stereocenters. The summed E-state index contributed by atoms with van der Waals surface area (Å²) >= 11 is 12.3. The zero-order valence-electron chi connectivity index (χ0n) is 12.9. The van der Waals surface area contributed by atoms with Crippen LogP contribution in [0.15, 0.2) is 18.2 Å². The number of nitrogens with zero attached hydrogens (tertiary/aromatic N) is 1. The molecule has 1 aromatic rings. The molecule has 2 atom stereocenters. The van der Waals surface area contributed by atoms with E-state index in [2.05, 4.69) is 0 Å². The molecule has 1 aliphatic rings. The van der Waals surface area contributed by atoms with Crippen LogP contribution >= 0.6 is 23.2 Å². The average Bonchev–Trinajstić information content (AvgIpc) is 2.40. The number of halogens is 2. The van der Waals surface area contributed by atoms with Crippen molar-refractivity contribution in [2.24, 2.45) is 5.41 Å². The van der Waals surface area contributed by atoms with Gasteiger partial charge in [0.05, 0.1) is 15.6 Å². The molecule has 0 aromatic heterocycles. The summed E-state index contributed by atoms with van der Waals surface area (Å²) in [6.07, 6.45) is -0.367. The van der Waals surface area contributed by atoms with Crippen molar-refractivity contribution < 1.29 is 15.0 Å². The van der Waals surface area contributed by atoms with Crippen LogP contribution in [0.2, 0.25) is 10.0 Å². The highest BCUT2D eigenvalue weighted by Crippen LogP contribution is 2.44. The van der Waals surface area contributed by atoms with Gasteiger partial charge in [-0.2, -0.15) is 0 Å². The summed E-state index contributed by atoms with van der Waals surface area (Å²) in [7, 11) is 0. The Bertz CT molecular complexity index is 585. The quantitative estimate of drug-likeness (QED) is 0.794. The van der Waals surface area contributed by atoms with Gasteiger partial charge in [0.2, 0.25) is 0 Å². The predicted octanol–water partition coefficient (Wildman–Crippen LogP) is 4.37. The maximum Gasteiger partial charge on any atom is 0.407 e. The Kier molecular flexibility index (Phi) is 4.67. The molecule has 1 aliphatic heterocycles. The number of hydrogen-bond donors (Lipinski definition) is 2. The van der Waals surface area contributed by atoms with Crippen LogP contribution in [0.5, 0.6) is 0 Å². The van der Waals surface area contributed by atoms with Gasteiger partial charge in [-0.05, 0) is 17.9 Å². The number of rotatable bonds is 1. The fraction of sp³-hybridized carbons (Fsp3) is 0.562. The summed E-state index contributed by atoms with van der Waals surface area (Å²) in [6, 6.07) is 4.87. The van der Waals surface area contributed by atoms with Gasteiger partial charge in [-0.3, -0.25) is 0 Å². The maximum absolute atomic E-state index is 11.5. The first-order chi connectivity index (χ1) is 10.1. The number of carbonyl (C=O) groups is 1. The van der Waals surface area contributed by atoms with Gasteiger partial charge in [0.15, 0.2) is 0 Å². The summed E-state index contributed by atoms with van der Waals surface area (Å²) in [5.74, 6) is 0. The van der Waals surface area contributed by atoms with Crippen molar-refractivity contribution in [2.45, 2.75) is 45.3 Å². The fourth-order valence-corrected chi connectivity index (χ4v) is 3.58. The first-order valence-electron chi connectivity index (χ1n) is 7.23. The number of carboxylic acid groups (broad SMARTS) is 1. The smallest absolute Gasteiger partial charge is 0.407 e. The summed E-state index contributed by atoms with van der Waals surface area (Å²) in [5, 5.41) is 21.3. The molecular weight excluding hydrogens is 325 g/mol. The number of benzene rings is 1. The molecule has 1 saturated heterocycles. The van der Waals surface area contributed by atoms with E-state index in [1.54, 1.807) is 18.2 Å². The molecule has 1 aromatic carbocycles. The SMILES string of the molecule is CC(C)(C)C1CC(O)(c2cccc(Cl)c2Cl)CCN1C(=O)O. The van der Waals surface area contributed by atoms with Crippen LogP contribution in [0.3, 0.4) is 0 Å². The van der Waals surface area contributed by atoms with Gasteiger partial charge in [-0.15, -0.1) is 0 Å². The number of amides is 1. The van der Waals surface area contributed by atoms with Crippen molar-refractivity contribution in [3.8, 4) is 0 Å². The van der Waals surface area contributed by atoms with E-state index in [1.165, 1.54) is 4.90 Å². The second-order valence-corrected chi connectivity index (χ2v) is 7.73. The Balaban J connectivity index is 2.42. The molecule has 6 heteroatoms. The molecule has 0 aliphatic carbocycles. The second-order valence-electron chi connectivity index (χ2n) is 6.94. The van der Waals surface area contributed by atoms with E-state index in [9.17, 15) is 15.0 Å². The lowest BCUT2D eigenvalue weighted by atomic mass is 9.72. The summed E-state index contributed by atoms with van der Waals surface area (Å²) in [5.41, 5.74) is -0.898. The number of piperidine rings is 1. The highest BCUT2D eigenvalue weighted by Gasteiger charge is 2.46. The largest absolute Gasteiger partial charge is 0.465 e. The highest BCUT2D eigenvalue weighted by molar-refractivity contribution is 6.42. The third kappa shape index (κ3) is 3.19. The van der Waals surface area contributed by atoms with Crippen LogP contribution in [0.4, 0.5) is 4.79 Å². The Morgan fingerprint density at radius 2 is 2.00 bits per heavy atom. The molecule has 22 heavy (non-hydrogen) atoms. The molecule has 0 bridgehead atoms. The minimum Gasteiger partial charge on any atom is -0.465 e. The van der Waals surface area contributed by atoms with Crippen molar-refractivity contribution >= 4 is 29.3 Å². The van der Waals surface area contributed by atoms with Crippen LogP contribution in [0, 0.1) is 5.41 Å². The van der Waals surface area contributed by atoms with Crippen LogP contribution in [0.1, 0.15) is 39.2 Å². The Hall–Kier alpha value is -0.970. The first kappa shape index (κ1) is 17.4. The summed E-state index contributed by atoms with van der Waals surface area (Å²) in [6.45, 7) is 6.17. The zero-order chi connectivity index (χ0) is 16.7. The first-order valence-corrected chi connectivity index (χ1v) is 7.98. The van der Waals surface area contributed by atoms with Gasteiger partial charge >= 0.3 is 6.09 Å². The Labute approximate surface area is 140 Å². The summed E-state index contributed by atoms with van der Waals surface area (Å²) in [4.78, 5) is 12.9. The van der Waals surface area contributed by atoms with E-state index in [1.807, 2.05) is 20.8 Å². The lowest BCUT2D eigenvalue weighted by Crippen LogP contribution is -2.55. The van der Waals surface area contributed by atoms with E-state index >= 15 is 0 Å². The lowest BCUT2D eigenvalue weighted by Gasteiger charge is -2.48. The fourth-order valence-electron chi connectivity index (χ4n) is 3.10. The molecular formula is C16H21Cl2NO3. The third-order valence-electron chi connectivity index (χ3n) is 4.37. The normalized spacial score (nSPS) is 26.1. The van der Waals surface area contributed by atoms with Gasteiger partial charge in [0.25, 0.3) is 0 Å². The van der Waals surface area contributed by atoms with Gasteiger partial charge in [0.1, 0.15) is 0 Å². The minimum absolute atomic E-state index is 0.261. The molecule has 2 N–H and O–H groups in total. The number of likely N-dealkylation sites (tertiary alicyclic amines) is 1. The Morgan fingerprint density at radius 1 is 1.36 bits per heavy atom. The molecule has 2 rings (SSSR count). The van der Waals surface area contributed by atoms with Crippen molar-refractivity contribution in [3.05, 3.63) is 33.8 Å². The zero-order valence-corrected chi connectivity index (χ0v) is 14.4. The Morgan fingerprint density at radius 3 is 2.55 bits per heavy atom. The lowest BCUT2D eigenvalue weighted by molar-refractivity contribution is -0.0686. The molecule has 0 saturated carbocycles. The van der Waals surface area contributed by atoms with E-state index in [0.29, 0.717) is 28.5 Å². The van der Waals surface area contributed by atoms with Gasteiger partial charge in [-0.25, -0.2) is 4.79 Å². The van der Waals surface area contributed by atoms with Gasteiger partial charge in [0, 0.05) is 24.6 Å². The number of hydrogen-bond acceptors (Lipinski definition) is 2. The van der Waals surface area contributed by atoms with E-state index < -0.39 is 11.7 Å². The van der Waals surface area contributed by atoms with Crippen LogP contribution in [-0.2, 0) is 5.60 Å². The second kappa shape index (κ2) is 5.91. The van der Waals surface area contributed by atoms with Crippen LogP contribution in [-0.4, -0.2) is 33.8 Å². The molecule has 1 amide bonds. The van der Waals surface area contributed by atoms with E-state index in [-0.39, 0.29) is 18.0 Å². The van der Waals surface area contributed by atoms with Crippen LogP contribution in [0.25, 0.3) is 0 Å². The van der Waals surface area contributed by atoms with Crippen molar-refractivity contribution in [2.75, 3.05) is 6.54 Å². The maximum atomic E-state index is 11.5.